The molecule has 1 fully saturated rings. The molecule has 1 atom stereocenters. The van der Waals surface area contributed by atoms with Crippen LogP contribution in [0.4, 0.5) is 0 Å². The van der Waals surface area contributed by atoms with Gasteiger partial charge in [0.2, 0.25) is 0 Å². The Morgan fingerprint density at radius 3 is 3.06 bits per heavy atom. The lowest BCUT2D eigenvalue weighted by atomic mass is 10.0. The Bertz CT molecular complexity index is 275. The van der Waals surface area contributed by atoms with E-state index < -0.39 is 0 Å². The van der Waals surface area contributed by atoms with Crippen LogP contribution >= 0.6 is 0 Å². The summed E-state index contributed by atoms with van der Waals surface area (Å²) in [6.07, 6.45) is 7.96. The first-order valence-corrected chi connectivity index (χ1v) is 6.35. The maximum atomic E-state index is 3.43. The predicted molar refractivity (Wildman–Crippen MR) is 67.6 cm³/mol. The topological polar surface area (TPSA) is 31.1 Å². The molecular weight excluding hydrogens is 198 g/mol. The number of likely N-dealkylation sites (N-methyl/N-ethyl adjacent to an activating group) is 1. The summed E-state index contributed by atoms with van der Waals surface area (Å²) in [6.45, 7) is 4.85. The quantitative estimate of drug-likeness (QED) is 0.762. The first-order chi connectivity index (χ1) is 7.84. The third-order valence-electron chi connectivity index (χ3n) is 3.53. The fourth-order valence-electron chi connectivity index (χ4n) is 2.31. The minimum atomic E-state index is 0.912. The van der Waals surface area contributed by atoms with E-state index in [0.29, 0.717) is 0 Å². The smallest absolute Gasteiger partial charge is 0.00378 e. The van der Waals surface area contributed by atoms with Gasteiger partial charge in [-0.2, -0.15) is 0 Å². The normalized spacial score (nSPS) is 20.8. The van der Waals surface area contributed by atoms with E-state index in [2.05, 4.69) is 34.5 Å². The summed E-state index contributed by atoms with van der Waals surface area (Å²) < 4.78 is 0. The van der Waals surface area contributed by atoms with Crippen LogP contribution < -0.4 is 5.32 Å². The van der Waals surface area contributed by atoms with Crippen LogP contribution in [0.3, 0.4) is 0 Å². The van der Waals surface area contributed by atoms with E-state index >= 15 is 0 Å². The molecule has 1 aliphatic heterocycles. The fraction of sp³-hybridized carbons (Fsp3) is 0.692. The maximum absolute atomic E-state index is 3.43. The molecule has 0 radical (unpaired) electrons. The summed E-state index contributed by atoms with van der Waals surface area (Å²) in [5.74, 6) is 0.912. The Morgan fingerprint density at radius 2 is 2.38 bits per heavy atom. The summed E-state index contributed by atoms with van der Waals surface area (Å²) >= 11 is 0. The van der Waals surface area contributed by atoms with Crippen LogP contribution in [-0.2, 0) is 6.42 Å². The van der Waals surface area contributed by atoms with Gasteiger partial charge in [0.1, 0.15) is 0 Å². The third kappa shape index (κ3) is 3.65. The molecule has 2 N–H and O–H groups in total. The largest absolute Gasteiger partial charge is 0.367 e. The van der Waals surface area contributed by atoms with Gasteiger partial charge in [0, 0.05) is 18.9 Å². The average molecular weight is 221 g/mol. The second-order valence-electron chi connectivity index (χ2n) is 4.92. The molecule has 0 aromatic carbocycles. The second-order valence-corrected chi connectivity index (χ2v) is 4.92. The number of nitrogens with zero attached hydrogens (tertiary/aromatic N) is 1. The molecule has 1 aromatic rings. The van der Waals surface area contributed by atoms with Gasteiger partial charge in [-0.1, -0.05) is 0 Å². The van der Waals surface area contributed by atoms with Crippen molar-refractivity contribution in [2.24, 2.45) is 5.92 Å². The molecular formula is C13H23N3. The Kier molecular flexibility index (Phi) is 4.43. The molecule has 0 aliphatic carbocycles. The summed E-state index contributed by atoms with van der Waals surface area (Å²) in [5.41, 5.74) is 1.41. The molecule has 0 saturated carbocycles. The minimum absolute atomic E-state index is 0.912. The van der Waals surface area contributed by atoms with E-state index in [1.54, 1.807) is 0 Å². The minimum Gasteiger partial charge on any atom is -0.367 e. The molecule has 1 saturated heterocycles. The van der Waals surface area contributed by atoms with E-state index in [-0.39, 0.29) is 0 Å². The Labute approximate surface area is 98.2 Å². The molecule has 90 valence electrons. The van der Waals surface area contributed by atoms with Crippen LogP contribution in [0.5, 0.6) is 0 Å². The standard InChI is InChI=1S/C13H23N3/c1-16(8-4-12-2-6-14-10-12)9-5-13-3-7-15-11-13/h2,6,10,13-15H,3-5,7-9,11H2,1H3. The highest BCUT2D eigenvalue weighted by atomic mass is 15.1. The maximum Gasteiger partial charge on any atom is 0.00378 e. The summed E-state index contributed by atoms with van der Waals surface area (Å²) in [4.78, 5) is 5.55. The molecule has 3 nitrogen and oxygen atoms in total. The van der Waals surface area contributed by atoms with Crippen molar-refractivity contribution < 1.29 is 0 Å². The summed E-state index contributed by atoms with van der Waals surface area (Å²) in [6, 6.07) is 2.16. The third-order valence-corrected chi connectivity index (χ3v) is 3.53. The lowest BCUT2D eigenvalue weighted by Crippen LogP contribution is -2.24. The molecule has 0 spiro atoms. The van der Waals surface area contributed by atoms with Crippen molar-refractivity contribution in [1.82, 2.24) is 15.2 Å². The Morgan fingerprint density at radius 1 is 1.44 bits per heavy atom. The molecule has 1 unspecified atom stereocenters. The van der Waals surface area contributed by atoms with Crippen molar-refractivity contribution in [3.63, 3.8) is 0 Å². The van der Waals surface area contributed by atoms with E-state index in [1.807, 2.05) is 6.20 Å². The van der Waals surface area contributed by atoms with Crippen molar-refractivity contribution >= 4 is 0 Å². The van der Waals surface area contributed by atoms with Crippen LogP contribution in [0.1, 0.15) is 18.4 Å². The van der Waals surface area contributed by atoms with Crippen molar-refractivity contribution in [1.29, 1.82) is 0 Å². The van der Waals surface area contributed by atoms with Crippen molar-refractivity contribution in [3.8, 4) is 0 Å². The lowest BCUT2D eigenvalue weighted by Gasteiger charge is -2.18. The van der Waals surface area contributed by atoms with E-state index in [0.717, 1.165) is 18.9 Å². The number of aromatic amines is 1. The van der Waals surface area contributed by atoms with Crippen molar-refractivity contribution in [3.05, 3.63) is 24.0 Å². The van der Waals surface area contributed by atoms with E-state index in [1.165, 1.54) is 38.0 Å². The SMILES string of the molecule is CN(CCc1cc[nH]c1)CCC1CCNC1. The molecule has 1 aromatic heterocycles. The van der Waals surface area contributed by atoms with Crippen LogP contribution in [0, 0.1) is 5.92 Å². The van der Waals surface area contributed by atoms with Gasteiger partial charge in [0.25, 0.3) is 0 Å². The highest BCUT2D eigenvalue weighted by Gasteiger charge is 2.14. The van der Waals surface area contributed by atoms with Crippen LogP contribution in [0.25, 0.3) is 0 Å². The van der Waals surface area contributed by atoms with Gasteiger partial charge >= 0.3 is 0 Å². The molecule has 2 heterocycles. The first kappa shape index (κ1) is 11.7. The average Bonchev–Trinajstić information content (AvgIpc) is 2.96. The summed E-state index contributed by atoms with van der Waals surface area (Å²) in [5, 5.41) is 3.43. The zero-order valence-corrected chi connectivity index (χ0v) is 10.2. The van der Waals surface area contributed by atoms with Gasteiger partial charge in [0.15, 0.2) is 0 Å². The van der Waals surface area contributed by atoms with Crippen LogP contribution in [0.15, 0.2) is 18.5 Å². The zero-order chi connectivity index (χ0) is 11.2. The van der Waals surface area contributed by atoms with Crippen LogP contribution in [0.2, 0.25) is 0 Å². The number of H-pyrrole nitrogens is 1. The molecule has 2 rings (SSSR count). The highest BCUT2D eigenvalue weighted by Crippen LogP contribution is 2.12. The Hall–Kier alpha value is -0.800. The molecule has 1 aliphatic rings. The van der Waals surface area contributed by atoms with Gasteiger partial charge in [-0.25, -0.2) is 0 Å². The molecule has 0 amide bonds. The van der Waals surface area contributed by atoms with E-state index in [9.17, 15) is 0 Å². The van der Waals surface area contributed by atoms with Gasteiger partial charge in [0.05, 0.1) is 0 Å². The summed E-state index contributed by atoms with van der Waals surface area (Å²) in [7, 11) is 2.23. The monoisotopic (exact) mass is 221 g/mol. The second kappa shape index (κ2) is 6.06. The van der Waals surface area contributed by atoms with Gasteiger partial charge in [-0.05, 0) is 63.5 Å². The highest BCUT2D eigenvalue weighted by molar-refractivity contribution is 5.08. The lowest BCUT2D eigenvalue weighted by molar-refractivity contribution is 0.308. The van der Waals surface area contributed by atoms with Gasteiger partial charge in [-0.15, -0.1) is 0 Å². The zero-order valence-electron chi connectivity index (χ0n) is 10.2. The van der Waals surface area contributed by atoms with Crippen LogP contribution in [-0.4, -0.2) is 43.1 Å². The van der Waals surface area contributed by atoms with Gasteiger partial charge < -0.3 is 15.2 Å². The number of rotatable bonds is 6. The van der Waals surface area contributed by atoms with Crippen molar-refractivity contribution in [2.45, 2.75) is 19.3 Å². The molecule has 0 bridgehead atoms. The predicted octanol–water partition coefficient (Wildman–Crippen LogP) is 1.49. The fourth-order valence-corrected chi connectivity index (χ4v) is 2.31. The Balaban J connectivity index is 1.58. The van der Waals surface area contributed by atoms with E-state index in [4.69, 9.17) is 0 Å². The molecule has 16 heavy (non-hydrogen) atoms. The first-order valence-electron chi connectivity index (χ1n) is 6.35. The molecule has 3 heteroatoms. The van der Waals surface area contributed by atoms with Gasteiger partial charge in [-0.3, -0.25) is 0 Å². The number of aromatic nitrogens is 1. The van der Waals surface area contributed by atoms with Crippen molar-refractivity contribution in [2.75, 3.05) is 33.2 Å². The number of nitrogens with one attached hydrogen (secondary N) is 2. The number of hydrogen-bond acceptors (Lipinski definition) is 2. The number of hydrogen-bond donors (Lipinski definition) is 2.